The summed E-state index contributed by atoms with van der Waals surface area (Å²) in [5, 5.41) is 3.93. The first-order chi connectivity index (χ1) is 8.49. The first-order valence-corrected chi connectivity index (χ1v) is 6.10. The normalized spacial score (nSPS) is 11.2. The molecule has 0 amide bonds. The van der Waals surface area contributed by atoms with Gasteiger partial charge in [0.25, 0.3) is 0 Å². The van der Waals surface area contributed by atoms with Crippen molar-refractivity contribution in [1.29, 1.82) is 0 Å². The Kier molecular flexibility index (Phi) is 3.36. The molecule has 0 aliphatic rings. The molecule has 0 aliphatic carbocycles. The average molecular weight is 246 g/mol. The van der Waals surface area contributed by atoms with E-state index in [9.17, 15) is 4.79 Å². The Hall–Kier alpha value is -1.84. The molecule has 0 saturated carbocycles. The van der Waals surface area contributed by atoms with E-state index in [-0.39, 0.29) is 11.7 Å². The van der Waals surface area contributed by atoms with Gasteiger partial charge in [-0.25, -0.2) is 0 Å². The van der Waals surface area contributed by atoms with Gasteiger partial charge in [0.2, 0.25) is 0 Å². The summed E-state index contributed by atoms with van der Waals surface area (Å²) >= 11 is 0. The van der Waals surface area contributed by atoms with E-state index in [1.807, 2.05) is 50.7 Å². The fourth-order valence-electron chi connectivity index (χ4n) is 1.93. The number of rotatable bonds is 4. The van der Waals surface area contributed by atoms with E-state index in [0.29, 0.717) is 6.54 Å². The zero-order valence-electron chi connectivity index (χ0n) is 11.2. The van der Waals surface area contributed by atoms with Crippen molar-refractivity contribution in [1.82, 2.24) is 9.72 Å². The van der Waals surface area contributed by atoms with Crippen LogP contribution in [-0.4, -0.2) is 15.5 Å². The van der Waals surface area contributed by atoms with Crippen LogP contribution in [0.1, 0.15) is 41.2 Å². The number of nitrogens with zero attached hydrogens (tertiary/aromatic N) is 2. The van der Waals surface area contributed by atoms with Gasteiger partial charge in [-0.1, -0.05) is 19.0 Å². The maximum atomic E-state index is 11.8. The van der Waals surface area contributed by atoms with Crippen LogP contribution in [0.5, 0.6) is 0 Å². The van der Waals surface area contributed by atoms with Crippen molar-refractivity contribution in [3.8, 4) is 0 Å². The Morgan fingerprint density at radius 3 is 2.72 bits per heavy atom. The zero-order chi connectivity index (χ0) is 13.3. The highest BCUT2D eigenvalue weighted by molar-refractivity contribution is 5.97. The first-order valence-electron chi connectivity index (χ1n) is 6.10. The minimum absolute atomic E-state index is 0.0277. The van der Waals surface area contributed by atoms with Crippen LogP contribution in [0, 0.1) is 19.8 Å². The van der Waals surface area contributed by atoms with Gasteiger partial charge in [0.05, 0.1) is 12.2 Å². The molecular weight excluding hydrogens is 228 g/mol. The lowest BCUT2D eigenvalue weighted by atomic mass is 10.0. The molecule has 4 nitrogen and oxygen atoms in total. The topological polar surface area (TPSA) is 48.0 Å². The SMILES string of the molecule is Cc1noc(C)c1Cn1ccc(C(=O)C(C)C)c1. The van der Waals surface area contributed by atoms with Crippen LogP contribution in [0.25, 0.3) is 0 Å². The second kappa shape index (κ2) is 4.80. The van der Waals surface area contributed by atoms with E-state index in [0.717, 1.165) is 22.6 Å². The molecule has 2 heterocycles. The van der Waals surface area contributed by atoms with Crippen LogP contribution in [0.3, 0.4) is 0 Å². The third-order valence-corrected chi connectivity index (χ3v) is 3.08. The molecule has 2 aromatic rings. The highest BCUT2D eigenvalue weighted by atomic mass is 16.5. The van der Waals surface area contributed by atoms with Gasteiger partial charge in [-0.05, 0) is 19.9 Å². The van der Waals surface area contributed by atoms with Crippen molar-refractivity contribution in [2.45, 2.75) is 34.2 Å². The van der Waals surface area contributed by atoms with Crippen LogP contribution in [0.2, 0.25) is 0 Å². The van der Waals surface area contributed by atoms with Gasteiger partial charge >= 0.3 is 0 Å². The monoisotopic (exact) mass is 246 g/mol. The van der Waals surface area contributed by atoms with E-state index in [1.54, 1.807) is 0 Å². The van der Waals surface area contributed by atoms with Gasteiger partial charge in [0.1, 0.15) is 5.76 Å². The standard InChI is InChI=1S/C14H18N2O2/c1-9(2)14(17)12-5-6-16(7-12)8-13-10(3)15-18-11(13)4/h5-7,9H,8H2,1-4H3. The molecule has 0 spiro atoms. The molecule has 0 N–H and O–H groups in total. The molecule has 2 aromatic heterocycles. The second-order valence-electron chi connectivity index (χ2n) is 4.89. The Morgan fingerprint density at radius 2 is 2.17 bits per heavy atom. The van der Waals surface area contributed by atoms with Crippen molar-refractivity contribution in [2.75, 3.05) is 0 Å². The number of hydrogen-bond acceptors (Lipinski definition) is 3. The molecule has 96 valence electrons. The summed E-state index contributed by atoms with van der Waals surface area (Å²) in [7, 11) is 0. The highest BCUT2D eigenvalue weighted by Crippen LogP contribution is 2.16. The van der Waals surface area contributed by atoms with E-state index in [1.165, 1.54) is 0 Å². The Morgan fingerprint density at radius 1 is 1.44 bits per heavy atom. The number of ketones is 1. The van der Waals surface area contributed by atoms with Crippen molar-refractivity contribution in [3.05, 3.63) is 41.0 Å². The molecular formula is C14H18N2O2. The van der Waals surface area contributed by atoms with Gasteiger partial charge < -0.3 is 9.09 Å². The number of hydrogen-bond donors (Lipinski definition) is 0. The smallest absolute Gasteiger partial charge is 0.166 e. The predicted molar refractivity (Wildman–Crippen MR) is 68.7 cm³/mol. The average Bonchev–Trinajstić information content (AvgIpc) is 2.90. The molecule has 0 unspecified atom stereocenters. The van der Waals surface area contributed by atoms with Crippen molar-refractivity contribution in [3.63, 3.8) is 0 Å². The van der Waals surface area contributed by atoms with Crippen molar-refractivity contribution in [2.24, 2.45) is 5.92 Å². The summed E-state index contributed by atoms with van der Waals surface area (Å²) in [6, 6.07) is 1.86. The van der Waals surface area contributed by atoms with Crippen molar-refractivity contribution < 1.29 is 9.32 Å². The Bertz CT molecular complexity index is 545. The summed E-state index contributed by atoms with van der Waals surface area (Å²) in [5.41, 5.74) is 2.74. The van der Waals surface area contributed by atoms with Gasteiger partial charge in [0, 0.05) is 29.4 Å². The molecule has 0 saturated heterocycles. The summed E-state index contributed by atoms with van der Waals surface area (Å²) in [4.78, 5) is 11.8. The number of aryl methyl sites for hydroxylation is 2. The lowest BCUT2D eigenvalue weighted by Gasteiger charge is -2.03. The van der Waals surface area contributed by atoms with Crippen molar-refractivity contribution >= 4 is 5.78 Å². The summed E-state index contributed by atoms with van der Waals surface area (Å²) in [5.74, 6) is 1.03. The molecule has 4 heteroatoms. The third kappa shape index (κ3) is 2.37. The largest absolute Gasteiger partial charge is 0.361 e. The quantitative estimate of drug-likeness (QED) is 0.779. The maximum absolute atomic E-state index is 11.8. The summed E-state index contributed by atoms with van der Waals surface area (Å²) in [6.45, 7) is 8.34. The predicted octanol–water partition coefficient (Wildman–Crippen LogP) is 2.98. The van der Waals surface area contributed by atoms with Gasteiger partial charge in [-0.3, -0.25) is 4.79 Å². The Balaban J connectivity index is 2.19. The number of carbonyl (C=O) groups excluding carboxylic acids is 1. The lowest BCUT2D eigenvalue weighted by molar-refractivity contribution is 0.0939. The van der Waals surface area contributed by atoms with Gasteiger partial charge in [-0.2, -0.15) is 0 Å². The van der Waals surface area contributed by atoms with Gasteiger partial charge in [0.15, 0.2) is 5.78 Å². The van der Waals surface area contributed by atoms with E-state index in [4.69, 9.17) is 4.52 Å². The van der Waals surface area contributed by atoms with Crippen LogP contribution < -0.4 is 0 Å². The van der Waals surface area contributed by atoms with Crippen LogP contribution in [-0.2, 0) is 6.54 Å². The second-order valence-corrected chi connectivity index (χ2v) is 4.89. The van der Waals surface area contributed by atoms with E-state index in [2.05, 4.69) is 5.16 Å². The number of aromatic nitrogens is 2. The number of carbonyl (C=O) groups is 1. The molecule has 18 heavy (non-hydrogen) atoms. The zero-order valence-corrected chi connectivity index (χ0v) is 11.2. The minimum atomic E-state index is 0.0277. The van der Waals surface area contributed by atoms with E-state index >= 15 is 0 Å². The summed E-state index contributed by atoms with van der Waals surface area (Å²) < 4.78 is 7.12. The minimum Gasteiger partial charge on any atom is -0.361 e. The fourth-order valence-corrected chi connectivity index (χ4v) is 1.93. The first kappa shape index (κ1) is 12.6. The third-order valence-electron chi connectivity index (χ3n) is 3.08. The molecule has 0 aromatic carbocycles. The molecule has 0 radical (unpaired) electrons. The van der Waals surface area contributed by atoms with Crippen LogP contribution in [0.4, 0.5) is 0 Å². The lowest BCUT2D eigenvalue weighted by Crippen LogP contribution is -2.06. The molecule has 0 aliphatic heterocycles. The fraction of sp³-hybridized carbons (Fsp3) is 0.429. The van der Waals surface area contributed by atoms with E-state index < -0.39 is 0 Å². The Labute approximate surface area is 107 Å². The number of Topliss-reactive ketones (excluding diaryl/α,β-unsaturated/α-hetero) is 1. The molecule has 0 fully saturated rings. The summed E-state index contributed by atoms with van der Waals surface area (Å²) in [6.07, 6.45) is 3.80. The highest BCUT2D eigenvalue weighted by Gasteiger charge is 2.13. The molecule has 0 bridgehead atoms. The van der Waals surface area contributed by atoms with Crippen LogP contribution in [0.15, 0.2) is 23.0 Å². The van der Waals surface area contributed by atoms with Gasteiger partial charge in [-0.15, -0.1) is 0 Å². The van der Waals surface area contributed by atoms with Crippen LogP contribution >= 0.6 is 0 Å². The molecule has 0 atom stereocenters. The molecule has 2 rings (SSSR count). The maximum Gasteiger partial charge on any atom is 0.166 e.